The number of rotatable bonds is 21. The number of guanidine groups is 1. The third kappa shape index (κ3) is 24.2. The number of phenols is 2. The van der Waals surface area contributed by atoms with Gasteiger partial charge in [-0.1, -0.05) is 77.4 Å². The van der Waals surface area contributed by atoms with Crippen molar-refractivity contribution in [3.05, 3.63) is 107 Å². The number of carbonyl (C=O) groups is 12. The van der Waals surface area contributed by atoms with Gasteiger partial charge in [0.1, 0.15) is 65.3 Å². The van der Waals surface area contributed by atoms with E-state index in [9.17, 15) is 58.5 Å². The van der Waals surface area contributed by atoms with Gasteiger partial charge in [0.05, 0.1) is 6.04 Å². The molecule has 2 unspecified atom stereocenters. The smallest absolute Gasteiger partial charge is 0.303 e. The molecule has 1 aromatic heterocycles. The van der Waals surface area contributed by atoms with Gasteiger partial charge in [0.15, 0.2) is 5.96 Å². The summed E-state index contributed by atoms with van der Waals surface area (Å²) in [6.07, 6.45) is 4.53. The van der Waals surface area contributed by atoms with E-state index >= 15 is 14.4 Å². The summed E-state index contributed by atoms with van der Waals surface area (Å²) in [4.78, 5) is 178. The number of fused-ring (bicyclic) bond motifs is 1. The largest absolute Gasteiger partial charge is 0.508 e. The van der Waals surface area contributed by atoms with Crippen LogP contribution in [0.5, 0.6) is 11.5 Å². The third-order valence-corrected chi connectivity index (χ3v) is 20.3. The van der Waals surface area contributed by atoms with Gasteiger partial charge in [-0.2, -0.15) is 0 Å². The Bertz CT molecular complexity index is 3680. The van der Waals surface area contributed by atoms with E-state index in [1.807, 2.05) is 18.2 Å². The number of aldehydes is 1. The quantitative estimate of drug-likeness (QED) is 0.0131. The SMILES string of the molecule is C[C@@H]1CCCCNC(=O)C(CCCN=C(N)N)NC[C@](C=O)(Cc2ccc(O)cc2)NC(=O)C(=C2CCCC2)NC(=O)[C@@H](NC(=O)[C@H](Cc2ccc(O)cc2)NC(=O)[C@@H]2CCCN2C(=O)CCN)CSSC[C@@H](C(N)=O)NC(=O)[C@H](CCC(=O)O)NC(=O)C(Cc2c[nH]c3ccccc23)NC1=O. The molecule has 10 amide bonds. The van der Waals surface area contributed by atoms with Crippen molar-refractivity contribution in [1.29, 1.82) is 0 Å². The lowest BCUT2D eigenvalue weighted by Crippen LogP contribution is -2.61. The summed E-state index contributed by atoms with van der Waals surface area (Å²) < 4.78 is 0. The van der Waals surface area contributed by atoms with Gasteiger partial charge >= 0.3 is 5.97 Å². The van der Waals surface area contributed by atoms with Gasteiger partial charge in [-0.05, 0) is 123 Å². The number of phenolic OH excluding ortho intramolecular Hbond substituents is 2. The molecular formula is C69H94N16O15S2. The van der Waals surface area contributed by atoms with E-state index in [0.29, 0.717) is 73.5 Å². The minimum atomic E-state index is -1.90. The number of H-pyrrole nitrogens is 1. The van der Waals surface area contributed by atoms with Crippen LogP contribution in [-0.2, 0) is 76.8 Å². The number of aliphatic imine (C=N–C) groups is 1. The number of carboxylic acids is 1. The van der Waals surface area contributed by atoms with Crippen LogP contribution in [-0.4, -0.2) is 195 Å². The molecule has 31 nitrogen and oxygen atoms in total. The number of carboxylic acid groups (broad SMARTS) is 1. The summed E-state index contributed by atoms with van der Waals surface area (Å²) in [6, 6.07) is 9.31. The molecule has 7 rings (SSSR count). The Morgan fingerprint density at radius 3 is 2.12 bits per heavy atom. The number of hydrogen-bond acceptors (Lipinski definition) is 19. The van der Waals surface area contributed by atoms with Crippen molar-refractivity contribution in [3.8, 4) is 11.5 Å². The van der Waals surface area contributed by atoms with Crippen molar-refractivity contribution < 1.29 is 72.9 Å². The van der Waals surface area contributed by atoms with Crippen LogP contribution in [0.3, 0.4) is 0 Å². The second kappa shape index (κ2) is 39.5. The number of aromatic nitrogens is 1. The van der Waals surface area contributed by atoms with Crippen LogP contribution in [0.25, 0.3) is 10.9 Å². The molecule has 102 heavy (non-hydrogen) atoms. The number of aromatic amines is 1. The summed E-state index contributed by atoms with van der Waals surface area (Å²) in [5, 5.41) is 56.2. The monoisotopic (exact) mass is 1450 g/mol. The number of aliphatic carboxylic acids is 1. The molecule has 21 N–H and O–H groups in total. The highest BCUT2D eigenvalue weighted by atomic mass is 33.1. The molecule has 2 saturated heterocycles. The van der Waals surface area contributed by atoms with E-state index in [1.165, 1.54) is 41.3 Å². The van der Waals surface area contributed by atoms with E-state index in [2.05, 4.69) is 57.8 Å². The summed E-state index contributed by atoms with van der Waals surface area (Å²) in [5.41, 5.74) is 23.5. The molecule has 552 valence electrons. The van der Waals surface area contributed by atoms with E-state index in [4.69, 9.17) is 22.9 Å². The van der Waals surface area contributed by atoms with Crippen LogP contribution in [0, 0.1) is 5.92 Å². The highest BCUT2D eigenvalue weighted by Crippen LogP contribution is 2.29. The first-order chi connectivity index (χ1) is 48.9. The molecule has 0 spiro atoms. The zero-order valence-electron chi connectivity index (χ0n) is 56.9. The number of hydrogen-bond donors (Lipinski definition) is 17. The van der Waals surface area contributed by atoms with Gasteiger partial charge in [0, 0.05) is 99.4 Å². The maximum Gasteiger partial charge on any atom is 0.303 e. The first kappa shape index (κ1) is 79.6. The number of amides is 10. The second-order valence-corrected chi connectivity index (χ2v) is 28.3. The fourth-order valence-corrected chi connectivity index (χ4v) is 14.6. The van der Waals surface area contributed by atoms with E-state index < -0.39 is 126 Å². The fraction of sp³-hybridized carbons (Fsp3) is 0.493. The number of nitrogens with two attached hydrogens (primary N) is 4. The first-order valence-corrected chi connectivity index (χ1v) is 36.6. The maximum atomic E-state index is 15.3. The zero-order chi connectivity index (χ0) is 73.9. The Balaban J connectivity index is 1.27. The highest BCUT2D eigenvalue weighted by molar-refractivity contribution is 8.76. The van der Waals surface area contributed by atoms with Gasteiger partial charge in [-0.3, -0.25) is 57.7 Å². The average molecular weight is 1450 g/mol. The van der Waals surface area contributed by atoms with Gasteiger partial charge in [-0.25, -0.2) is 0 Å². The van der Waals surface area contributed by atoms with Crippen LogP contribution in [0.2, 0.25) is 0 Å². The van der Waals surface area contributed by atoms with E-state index in [-0.39, 0.29) is 125 Å². The first-order valence-electron chi connectivity index (χ1n) is 34.1. The van der Waals surface area contributed by atoms with Gasteiger partial charge in [-0.15, -0.1) is 0 Å². The van der Waals surface area contributed by atoms with Crippen LogP contribution in [0.1, 0.15) is 114 Å². The van der Waals surface area contributed by atoms with Crippen molar-refractivity contribution in [2.45, 2.75) is 164 Å². The number of likely N-dealkylation sites (tertiary alicyclic amines) is 1. The molecule has 1 saturated carbocycles. The number of nitrogens with zero attached hydrogens (tertiary/aromatic N) is 2. The maximum absolute atomic E-state index is 15.3. The summed E-state index contributed by atoms with van der Waals surface area (Å²) in [6.45, 7) is 1.79. The Hall–Kier alpha value is -9.73. The molecule has 0 bridgehead atoms. The minimum Gasteiger partial charge on any atom is -0.508 e. The third-order valence-electron chi connectivity index (χ3n) is 17.9. The zero-order valence-corrected chi connectivity index (χ0v) is 58.6. The molecule has 1 aliphatic carbocycles. The van der Waals surface area contributed by atoms with Gasteiger partial charge in [0.25, 0.3) is 5.91 Å². The van der Waals surface area contributed by atoms with Crippen molar-refractivity contribution in [3.63, 3.8) is 0 Å². The molecule has 3 aliphatic rings. The number of benzene rings is 3. The Morgan fingerprint density at radius 2 is 1.44 bits per heavy atom. The number of aromatic hydroxyl groups is 2. The normalized spacial score (nSPS) is 23.2. The van der Waals surface area contributed by atoms with Crippen molar-refractivity contribution >= 4 is 110 Å². The molecule has 33 heteroatoms. The lowest BCUT2D eigenvalue weighted by atomic mass is 9.90. The second-order valence-electron chi connectivity index (χ2n) is 25.7. The number of allylic oxidation sites excluding steroid dienone is 1. The number of carbonyl (C=O) groups excluding carboxylic acids is 11. The average Bonchev–Trinajstić information content (AvgIpc) is 1.35. The van der Waals surface area contributed by atoms with Crippen LogP contribution >= 0.6 is 21.6 Å². The van der Waals surface area contributed by atoms with Gasteiger partial charge < -0.3 is 101 Å². The molecular weight excluding hydrogens is 1360 g/mol. The molecule has 2 aliphatic heterocycles. The predicted molar refractivity (Wildman–Crippen MR) is 383 cm³/mol. The van der Waals surface area contributed by atoms with Crippen molar-refractivity contribution in [1.82, 2.24) is 57.7 Å². The van der Waals surface area contributed by atoms with E-state index in [0.717, 1.165) is 32.5 Å². The fourth-order valence-electron chi connectivity index (χ4n) is 12.2. The molecule has 3 heterocycles. The highest BCUT2D eigenvalue weighted by Gasteiger charge is 2.40. The van der Waals surface area contributed by atoms with Gasteiger partial charge in [0.2, 0.25) is 53.2 Å². The molecule has 4 aromatic rings. The summed E-state index contributed by atoms with van der Waals surface area (Å²) in [5.74, 6) is -10.9. The summed E-state index contributed by atoms with van der Waals surface area (Å²) >= 11 is 0. The number of para-hydroxylation sites is 1. The molecule has 3 aromatic carbocycles. The Kier molecular flexibility index (Phi) is 30.8. The standard InChI is InChI=1S/C69H94N16O15S2/c1-40-10-6-7-29-74-61(94)49(15-8-30-75-68(72)73)77-38-69(39-86,34-42-19-23-46(88)24-20-42)84-67(100)58(43-11-2-3-12-43)83-65(98)54(82-63(96)51(32-41-17-21-45(87)22-18-41)80-66(99)55-16-9-31-85(55)56(89)27-28-70)37-102-101-36-53(59(71)92)81-62(95)50(25-26-57(90)91)78-64(97)52(79-60(40)93)33-44-35-76-48-14-5-4-13-47(44)48/h4-5,13-14,17-24,35,39-40,49-55,76-77,87-88H,2-3,6-12,15-16,25-34,36-38,70H2,1H3,(H2,71,92)(H,74,94)(H,78,97)(H,79,93)(H,80,99)(H,81,95)(H,82,96)(H,83,98)(H,84,100)(H,90,91)(H4,72,73,75)/t40-,49?,50+,51+,52?,53+,54+,55+,69+/m1/s1. The lowest BCUT2D eigenvalue weighted by Gasteiger charge is -2.33. The topological polar surface area (TPSA) is 509 Å². The van der Waals surface area contributed by atoms with E-state index in [1.54, 1.807) is 31.3 Å². The predicted octanol–water partition coefficient (Wildman–Crippen LogP) is 0.0485. The van der Waals surface area contributed by atoms with Crippen molar-refractivity contribution in [2.75, 3.05) is 44.2 Å². The Labute approximate surface area is 598 Å². The Morgan fingerprint density at radius 1 is 0.765 bits per heavy atom. The lowest BCUT2D eigenvalue weighted by molar-refractivity contribution is -0.139. The van der Waals surface area contributed by atoms with Crippen molar-refractivity contribution in [2.24, 2.45) is 33.8 Å². The molecule has 0 radical (unpaired) electrons. The van der Waals surface area contributed by atoms with Crippen LogP contribution in [0.4, 0.5) is 0 Å². The number of nitrogens with one attached hydrogen (secondary N) is 10. The van der Waals surface area contributed by atoms with Crippen LogP contribution < -0.4 is 70.8 Å². The molecule has 9 atom stereocenters. The molecule has 3 fully saturated rings. The van der Waals surface area contributed by atoms with Crippen LogP contribution in [0.15, 0.2) is 95.3 Å². The summed E-state index contributed by atoms with van der Waals surface area (Å²) in [7, 11) is 1.81. The number of primary amides is 1. The minimum absolute atomic E-state index is 0.0257.